The van der Waals surface area contributed by atoms with E-state index in [4.69, 9.17) is 4.74 Å². The molecular weight excluding hydrogens is 204 g/mol. The molecule has 1 N–H and O–H groups in total. The molecule has 0 aromatic carbocycles. The Morgan fingerprint density at radius 1 is 1.56 bits per heavy atom. The molecule has 16 heavy (non-hydrogen) atoms. The third-order valence-electron chi connectivity index (χ3n) is 3.01. The van der Waals surface area contributed by atoms with Crippen molar-refractivity contribution in [1.29, 1.82) is 0 Å². The van der Waals surface area contributed by atoms with Crippen molar-refractivity contribution in [3.63, 3.8) is 0 Å². The quantitative estimate of drug-likeness (QED) is 0.809. The van der Waals surface area contributed by atoms with Crippen LogP contribution in [0.1, 0.15) is 32.5 Å². The number of rotatable bonds is 5. The van der Waals surface area contributed by atoms with E-state index in [-0.39, 0.29) is 0 Å². The minimum atomic E-state index is 0.369. The summed E-state index contributed by atoms with van der Waals surface area (Å²) in [7, 11) is 0. The van der Waals surface area contributed by atoms with Crippen molar-refractivity contribution in [1.82, 2.24) is 20.1 Å². The summed E-state index contributed by atoms with van der Waals surface area (Å²) in [6.45, 7) is 6.81. The summed E-state index contributed by atoms with van der Waals surface area (Å²) in [6, 6.07) is 0. The fourth-order valence-electron chi connectivity index (χ4n) is 2.06. The molecule has 1 aliphatic rings. The van der Waals surface area contributed by atoms with E-state index in [2.05, 4.69) is 29.4 Å². The van der Waals surface area contributed by atoms with E-state index in [0.29, 0.717) is 12.2 Å². The van der Waals surface area contributed by atoms with E-state index in [1.807, 2.05) is 4.57 Å². The van der Waals surface area contributed by atoms with Gasteiger partial charge in [-0.25, -0.2) is 0 Å². The standard InChI is InChI=1S/C11H20N4O/c1-3-15-8-13-14-11(15)7-12-6-10-5-4-9(2)16-10/h8-10,12H,3-7H2,1-2H3. The molecule has 0 spiro atoms. The Kier molecular flexibility index (Phi) is 3.90. The van der Waals surface area contributed by atoms with E-state index in [9.17, 15) is 0 Å². The molecule has 5 heteroatoms. The number of aromatic nitrogens is 3. The van der Waals surface area contributed by atoms with Gasteiger partial charge < -0.3 is 14.6 Å². The number of nitrogens with zero attached hydrogens (tertiary/aromatic N) is 3. The SMILES string of the molecule is CCn1cnnc1CNCC1CCC(C)O1. The summed E-state index contributed by atoms with van der Waals surface area (Å²) < 4.78 is 7.78. The van der Waals surface area contributed by atoms with Gasteiger partial charge in [0.2, 0.25) is 0 Å². The lowest BCUT2D eigenvalue weighted by Gasteiger charge is -2.12. The van der Waals surface area contributed by atoms with Crippen molar-refractivity contribution >= 4 is 0 Å². The topological polar surface area (TPSA) is 52.0 Å². The van der Waals surface area contributed by atoms with Gasteiger partial charge in [-0.05, 0) is 26.7 Å². The molecule has 0 aliphatic carbocycles. The van der Waals surface area contributed by atoms with Gasteiger partial charge in [0.1, 0.15) is 12.2 Å². The van der Waals surface area contributed by atoms with Gasteiger partial charge in [0.05, 0.1) is 18.8 Å². The zero-order valence-corrected chi connectivity index (χ0v) is 10.0. The second kappa shape index (κ2) is 5.41. The first-order chi connectivity index (χ1) is 7.79. The zero-order chi connectivity index (χ0) is 11.4. The minimum Gasteiger partial charge on any atom is -0.374 e. The summed E-state index contributed by atoms with van der Waals surface area (Å²) in [6.07, 6.45) is 4.90. The van der Waals surface area contributed by atoms with Gasteiger partial charge in [-0.3, -0.25) is 0 Å². The van der Waals surface area contributed by atoms with Crippen LogP contribution in [0.25, 0.3) is 0 Å². The van der Waals surface area contributed by atoms with Crippen molar-refractivity contribution in [2.45, 2.75) is 52.0 Å². The van der Waals surface area contributed by atoms with E-state index in [1.165, 1.54) is 6.42 Å². The van der Waals surface area contributed by atoms with Crippen LogP contribution in [-0.4, -0.2) is 33.5 Å². The Bertz CT molecular complexity index is 326. The molecule has 90 valence electrons. The lowest BCUT2D eigenvalue weighted by atomic mass is 10.2. The van der Waals surface area contributed by atoms with Gasteiger partial charge in [-0.2, -0.15) is 0 Å². The van der Waals surface area contributed by atoms with Gasteiger partial charge in [0.15, 0.2) is 0 Å². The first-order valence-corrected chi connectivity index (χ1v) is 6.02. The van der Waals surface area contributed by atoms with Crippen LogP contribution >= 0.6 is 0 Å². The van der Waals surface area contributed by atoms with E-state index >= 15 is 0 Å². The Morgan fingerprint density at radius 2 is 2.44 bits per heavy atom. The first-order valence-electron chi connectivity index (χ1n) is 6.02. The Labute approximate surface area is 96.2 Å². The number of nitrogens with one attached hydrogen (secondary N) is 1. The summed E-state index contributed by atoms with van der Waals surface area (Å²) in [4.78, 5) is 0. The molecule has 5 nitrogen and oxygen atoms in total. The summed E-state index contributed by atoms with van der Waals surface area (Å²) in [5.41, 5.74) is 0. The van der Waals surface area contributed by atoms with Crippen LogP contribution in [0.2, 0.25) is 0 Å². The predicted molar refractivity (Wildman–Crippen MR) is 61.0 cm³/mol. The van der Waals surface area contributed by atoms with Gasteiger partial charge in [-0.1, -0.05) is 0 Å². The fourth-order valence-corrected chi connectivity index (χ4v) is 2.06. The van der Waals surface area contributed by atoms with Crippen molar-refractivity contribution < 1.29 is 4.74 Å². The lowest BCUT2D eigenvalue weighted by molar-refractivity contribution is 0.0557. The smallest absolute Gasteiger partial charge is 0.146 e. The van der Waals surface area contributed by atoms with Gasteiger partial charge in [-0.15, -0.1) is 10.2 Å². The van der Waals surface area contributed by atoms with Crippen LogP contribution in [-0.2, 0) is 17.8 Å². The Balaban J connectivity index is 1.72. The van der Waals surface area contributed by atoms with Crippen LogP contribution in [0.3, 0.4) is 0 Å². The third-order valence-corrected chi connectivity index (χ3v) is 3.01. The lowest BCUT2D eigenvalue weighted by Crippen LogP contribution is -2.27. The molecule has 1 fully saturated rings. The van der Waals surface area contributed by atoms with Crippen LogP contribution in [0.15, 0.2) is 6.33 Å². The van der Waals surface area contributed by atoms with E-state index in [0.717, 1.165) is 31.9 Å². The molecule has 1 aromatic heterocycles. The highest BCUT2D eigenvalue weighted by molar-refractivity contribution is 4.85. The number of ether oxygens (including phenoxy) is 1. The molecule has 0 amide bonds. The second-order valence-electron chi connectivity index (χ2n) is 4.31. The molecule has 1 aliphatic heterocycles. The van der Waals surface area contributed by atoms with Gasteiger partial charge in [0.25, 0.3) is 0 Å². The van der Waals surface area contributed by atoms with Gasteiger partial charge in [0, 0.05) is 13.1 Å². The number of aryl methyl sites for hydroxylation is 1. The average Bonchev–Trinajstić information content (AvgIpc) is 2.87. The predicted octanol–water partition coefficient (Wildman–Crippen LogP) is 0.955. The normalized spacial score (nSPS) is 25.1. The molecule has 2 rings (SSSR count). The Morgan fingerprint density at radius 3 is 3.12 bits per heavy atom. The highest BCUT2D eigenvalue weighted by Gasteiger charge is 2.21. The van der Waals surface area contributed by atoms with Crippen molar-refractivity contribution in [3.8, 4) is 0 Å². The molecule has 2 unspecified atom stereocenters. The third kappa shape index (κ3) is 2.80. The molecule has 2 heterocycles. The minimum absolute atomic E-state index is 0.369. The van der Waals surface area contributed by atoms with E-state index in [1.54, 1.807) is 6.33 Å². The van der Waals surface area contributed by atoms with Crippen LogP contribution in [0.4, 0.5) is 0 Å². The maximum Gasteiger partial charge on any atom is 0.146 e. The van der Waals surface area contributed by atoms with Crippen LogP contribution in [0.5, 0.6) is 0 Å². The molecule has 1 aromatic rings. The van der Waals surface area contributed by atoms with Crippen LogP contribution < -0.4 is 5.32 Å². The maximum absolute atomic E-state index is 5.73. The van der Waals surface area contributed by atoms with Crippen molar-refractivity contribution in [2.75, 3.05) is 6.54 Å². The summed E-state index contributed by atoms with van der Waals surface area (Å²) in [5.74, 6) is 0.994. The van der Waals surface area contributed by atoms with E-state index < -0.39 is 0 Å². The maximum atomic E-state index is 5.73. The van der Waals surface area contributed by atoms with Gasteiger partial charge >= 0.3 is 0 Å². The summed E-state index contributed by atoms with van der Waals surface area (Å²) >= 11 is 0. The average molecular weight is 224 g/mol. The van der Waals surface area contributed by atoms with Crippen LogP contribution in [0, 0.1) is 0 Å². The first kappa shape index (κ1) is 11.5. The number of hydrogen-bond acceptors (Lipinski definition) is 4. The molecule has 0 saturated carbocycles. The Hall–Kier alpha value is -0.940. The largest absolute Gasteiger partial charge is 0.374 e. The molecule has 0 bridgehead atoms. The molecule has 2 atom stereocenters. The zero-order valence-electron chi connectivity index (χ0n) is 10.0. The molecular formula is C11H20N4O. The monoisotopic (exact) mass is 224 g/mol. The molecule has 1 saturated heterocycles. The fraction of sp³-hybridized carbons (Fsp3) is 0.818. The summed E-state index contributed by atoms with van der Waals surface area (Å²) in [5, 5.41) is 11.3. The highest BCUT2D eigenvalue weighted by atomic mass is 16.5. The second-order valence-corrected chi connectivity index (χ2v) is 4.31. The molecule has 0 radical (unpaired) electrons. The number of hydrogen-bond donors (Lipinski definition) is 1. The van der Waals surface area contributed by atoms with Crippen molar-refractivity contribution in [3.05, 3.63) is 12.2 Å². The highest BCUT2D eigenvalue weighted by Crippen LogP contribution is 2.18. The van der Waals surface area contributed by atoms with Crippen molar-refractivity contribution in [2.24, 2.45) is 0 Å².